The number of nitro benzene ring substituents is 1. The maximum absolute atomic E-state index is 12.9. The third-order valence-electron chi connectivity index (χ3n) is 5.86. The van der Waals surface area contributed by atoms with Gasteiger partial charge < -0.3 is 19.7 Å². The predicted octanol–water partition coefficient (Wildman–Crippen LogP) is 1.84. The number of carbonyl (C=O) groups excluding carboxylic acids is 4. The van der Waals surface area contributed by atoms with Crippen molar-refractivity contribution in [2.45, 2.75) is 46.4 Å². The van der Waals surface area contributed by atoms with E-state index in [1.165, 1.54) is 30.5 Å². The van der Waals surface area contributed by atoms with Crippen LogP contribution in [0, 0.1) is 22.0 Å². The molecule has 2 atom stereocenters. The summed E-state index contributed by atoms with van der Waals surface area (Å²) in [5, 5.41) is 17.9. The average molecular weight is 559 g/mol. The van der Waals surface area contributed by atoms with E-state index in [1.807, 2.05) is 0 Å². The summed E-state index contributed by atoms with van der Waals surface area (Å²) in [5.74, 6) is -2.09. The highest BCUT2D eigenvalue weighted by Crippen LogP contribution is 2.27. The Morgan fingerprint density at radius 2 is 1.88 bits per heavy atom. The number of nitrogens with zero attached hydrogens (tertiary/aromatic N) is 3. The van der Waals surface area contributed by atoms with Crippen molar-refractivity contribution in [1.82, 2.24) is 15.8 Å². The molecule has 3 rings (SSSR count). The lowest BCUT2D eigenvalue weighted by atomic mass is 10.1. The first-order valence-corrected chi connectivity index (χ1v) is 12.3. The number of carbonyl (C=O) groups is 4. The van der Waals surface area contributed by atoms with Gasteiger partial charge in [0.1, 0.15) is 31.0 Å². The Balaban J connectivity index is 1.79. The second kappa shape index (κ2) is 12.9. The molecule has 0 radical (unpaired) electrons. The summed E-state index contributed by atoms with van der Waals surface area (Å²) < 4.78 is 11.3. The normalized spacial score (nSPS) is 15.0. The fraction of sp³-hybridized carbons (Fsp3) is 0.400. The number of hydrazone groups is 1. The van der Waals surface area contributed by atoms with Crippen molar-refractivity contribution in [2.24, 2.45) is 22.7 Å². The zero-order chi connectivity index (χ0) is 29.6. The van der Waals surface area contributed by atoms with Crippen LogP contribution in [-0.2, 0) is 30.6 Å². The molecule has 40 heavy (non-hydrogen) atoms. The Hall–Kier alpha value is -4.63. The number of nitrogens with two attached hydrogens (primary N) is 1. The molecule has 15 nitrogen and oxygen atoms in total. The highest BCUT2D eigenvalue weighted by molar-refractivity contribution is 6.02. The molecule has 0 unspecified atom stereocenters. The minimum Gasteiger partial charge on any atom is -0.459 e. The zero-order valence-electron chi connectivity index (χ0n) is 22.3. The Labute approximate surface area is 228 Å². The number of amides is 3. The number of furan rings is 1. The molecule has 214 valence electrons. The van der Waals surface area contributed by atoms with Gasteiger partial charge in [0.15, 0.2) is 5.76 Å². The Bertz CT molecular complexity index is 1300. The summed E-state index contributed by atoms with van der Waals surface area (Å²) in [6.07, 6.45) is 1.18. The van der Waals surface area contributed by atoms with Gasteiger partial charge in [-0.3, -0.25) is 25.0 Å². The van der Waals surface area contributed by atoms with E-state index in [0.29, 0.717) is 11.1 Å². The molecular weight excluding hydrogens is 528 g/mol. The summed E-state index contributed by atoms with van der Waals surface area (Å²) in [7, 11) is 0. The molecule has 1 aliphatic rings. The average Bonchev–Trinajstić information content (AvgIpc) is 3.46. The van der Waals surface area contributed by atoms with Crippen LogP contribution in [0.1, 0.15) is 39.0 Å². The number of ether oxygens (including phenoxy) is 1. The number of esters is 1. The molecule has 3 amide bonds. The first-order valence-electron chi connectivity index (χ1n) is 12.3. The van der Waals surface area contributed by atoms with Crippen LogP contribution in [-0.4, -0.2) is 58.7 Å². The fourth-order valence-electron chi connectivity index (χ4n) is 3.36. The fourth-order valence-corrected chi connectivity index (χ4v) is 3.36. The lowest BCUT2D eigenvalue weighted by Crippen LogP contribution is -2.47. The number of hydroxylamine groups is 1. The summed E-state index contributed by atoms with van der Waals surface area (Å²) >= 11 is 0. The third-order valence-corrected chi connectivity index (χ3v) is 5.86. The Morgan fingerprint density at radius 1 is 1.20 bits per heavy atom. The van der Waals surface area contributed by atoms with Crippen LogP contribution in [0.2, 0.25) is 0 Å². The van der Waals surface area contributed by atoms with E-state index < -0.39 is 40.9 Å². The molecule has 15 heteroatoms. The van der Waals surface area contributed by atoms with E-state index >= 15 is 0 Å². The molecule has 1 fully saturated rings. The molecule has 0 aliphatic carbocycles. The van der Waals surface area contributed by atoms with Crippen molar-refractivity contribution in [2.75, 3.05) is 6.54 Å². The molecular formula is C25H30N6O9. The van der Waals surface area contributed by atoms with Gasteiger partial charge in [0.2, 0.25) is 5.91 Å². The molecule has 0 spiro atoms. The molecule has 1 aromatic heterocycles. The molecule has 4 N–H and O–H groups in total. The minimum absolute atomic E-state index is 0.108. The quantitative estimate of drug-likeness (QED) is 0.112. The van der Waals surface area contributed by atoms with E-state index in [1.54, 1.807) is 33.8 Å². The first-order chi connectivity index (χ1) is 18.9. The van der Waals surface area contributed by atoms with Gasteiger partial charge in [-0.25, -0.2) is 14.6 Å². The van der Waals surface area contributed by atoms with E-state index in [0.717, 1.165) is 5.01 Å². The smallest absolute Gasteiger partial charge is 0.344 e. The SMILES string of the molecule is CC(C)[C@H](N)C(=O)ON[C@H](C(=O)OCc1cc(-c2ccc([N+](=O)[O-])cc2)oc1/C=N/N1CC(=O)NC1=O)C(C)C. The van der Waals surface area contributed by atoms with Crippen LogP contribution in [0.15, 0.2) is 39.9 Å². The molecule has 2 aromatic rings. The monoisotopic (exact) mass is 558 g/mol. The van der Waals surface area contributed by atoms with Crippen molar-refractivity contribution >= 4 is 35.8 Å². The van der Waals surface area contributed by atoms with Gasteiger partial charge in [-0.05, 0) is 30.0 Å². The number of nitrogens with one attached hydrogen (secondary N) is 2. The van der Waals surface area contributed by atoms with Crippen molar-refractivity contribution in [1.29, 1.82) is 0 Å². The zero-order valence-corrected chi connectivity index (χ0v) is 22.3. The molecule has 2 heterocycles. The Morgan fingerprint density at radius 3 is 2.42 bits per heavy atom. The van der Waals surface area contributed by atoms with Crippen molar-refractivity contribution in [3.8, 4) is 11.3 Å². The largest absolute Gasteiger partial charge is 0.459 e. The van der Waals surface area contributed by atoms with Crippen LogP contribution in [0.5, 0.6) is 0 Å². The second-order valence-corrected chi connectivity index (χ2v) is 9.60. The molecule has 1 aliphatic heterocycles. The van der Waals surface area contributed by atoms with Crippen LogP contribution >= 0.6 is 0 Å². The maximum Gasteiger partial charge on any atom is 0.344 e. The van der Waals surface area contributed by atoms with Crippen LogP contribution in [0.3, 0.4) is 0 Å². The number of non-ortho nitro benzene ring substituents is 1. The highest BCUT2D eigenvalue weighted by atomic mass is 16.7. The second-order valence-electron chi connectivity index (χ2n) is 9.60. The minimum atomic E-state index is -1.01. The van der Waals surface area contributed by atoms with Crippen LogP contribution in [0.4, 0.5) is 10.5 Å². The number of urea groups is 1. The lowest BCUT2D eigenvalue weighted by molar-refractivity contribution is -0.384. The lowest BCUT2D eigenvalue weighted by Gasteiger charge is -2.21. The van der Waals surface area contributed by atoms with Gasteiger partial charge >= 0.3 is 18.0 Å². The van der Waals surface area contributed by atoms with E-state index in [-0.39, 0.29) is 42.2 Å². The van der Waals surface area contributed by atoms with Gasteiger partial charge in [-0.15, -0.1) is 5.48 Å². The highest BCUT2D eigenvalue weighted by Gasteiger charge is 2.29. The van der Waals surface area contributed by atoms with Crippen molar-refractivity contribution in [3.05, 3.63) is 51.8 Å². The number of benzene rings is 1. The van der Waals surface area contributed by atoms with Gasteiger partial charge in [-0.2, -0.15) is 5.10 Å². The number of hydrogen-bond acceptors (Lipinski definition) is 12. The van der Waals surface area contributed by atoms with Crippen LogP contribution in [0.25, 0.3) is 11.3 Å². The number of nitro groups is 1. The number of hydrogen-bond donors (Lipinski definition) is 3. The molecule has 1 saturated heterocycles. The van der Waals surface area contributed by atoms with E-state index in [9.17, 15) is 29.3 Å². The third kappa shape index (κ3) is 7.48. The molecule has 0 bridgehead atoms. The summed E-state index contributed by atoms with van der Waals surface area (Å²) in [6.45, 7) is 6.37. The standard InChI is InChI=1S/C25H30N6O9/c1-13(2)21(26)23(33)40-29-22(14(3)4)24(34)38-12-16-9-18(15-5-7-17(8-6-15)31(36)37)39-19(16)10-27-30-11-20(32)28-25(30)35/h5-10,13-14,21-22,29H,11-12,26H2,1-4H3,(H,28,32,35)/b27-10+/t21-,22-/m0/s1. The van der Waals surface area contributed by atoms with Crippen molar-refractivity contribution < 1.29 is 38.1 Å². The van der Waals surface area contributed by atoms with Gasteiger partial charge in [0.05, 0.1) is 11.1 Å². The summed E-state index contributed by atoms with van der Waals surface area (Å²) in [6, 6.07) is 4.51. The summed E-state index contributed by atoms with van der Waals surface area (Å²) in [5.41, 5.74) is 8.93. The Kier molecular flexibility index (Phi) is 9.68. The topological polar surface area (TPSA) is 209 Å². The first kappa shape index (κ1) is 29.9. The van der Waals surface area contributed by atoms with Gasteiger partial charge in [-0.1, -0.05) is 27.7 Å². The van der Waals surface area contributed by atoms with E-state index in [4.69, 9.17) is 19.7 Å². The molecule has 1 aromatic carbocycles. The van der Waals surface area contributed by atoms with Crippen LogP contribution < -0.4 is 16.5 Å². The van der Waals surface area contributed by atoms with Gasteiger partial charge in [0.25, 0.3) is 5.69 Å². The summed E-state index contributed by atoms with van der Waals surface area (Å²) in [4.78, 5) is 63.7. The van der Waals surface area contributed by atoms with Gasteiger partial charge in [0, 0.05) is 23.3 Å². The number of rotatable bonds is 12. The molecule has 0 saturated carbocycles. The van der Waals surface area contributed by atoms with E-state index in [2.05, 4.69) is 15.9 Å². The maximum atomic E-state index is 12.9. The predicted molar refractivity (Wildman–Crippen MR) is 139 cm³/mol. The number of imide groups is 1. The van der Waals surface area contributed by atoms with Crippen molar-refractivity contribution in [3.63, 3.8) is 0 Å².